The topological polar surface area (TPSA) is 129 Å². The summed E-state index contributed by atoms with van der Waals surface area (Å²) in [4.78, 5) is 30.7. The molecule has 240 valence electrons. The maximum atomic E-state index is 14.5. The van der Waals surface area contributed by atoms with Crippen LogP contribution in [-0.2, 0) is 18.9 Å². The van der Waals surface area contributed by atoms with Crippen LogP contribution in [0.4, 0.5) is 40.3 Å². The SMILES string of the molecule is CC.Nc1cnn(SF)c(=O)c1C(F)(F)F.O=c1c2cc(F)c(-c3ncc(C(F)(F)F)cn3)cc2ccn1CCCCCO. The van der Waals surface area contributed by atoms with E-state index in [-0.39, 0.29) is 33.0 Å². The number of benzene rings is 1. The first-order valence-electron chi connectivity index (χ1n) is 12.8. The van der Waals surface area contributed by atoms with Crippen LogP contribution in [0.5, 0.6) is 0 Å². The van der Waals surface area contributed by atoms with Crippen molar-refractivity contribution in [2.75, 3.05) is 12.3 Å². The fraction of sp³-hybridized carbons (Fsp3) is 0.346. The highest BCUT2D eigenvalue weighted by Crippen LogP contribution is 2.31. The molecule has 0 amide bonds. The predicted octanol–water partition coefficient (Wildman–Crippen LogP) is 6.03. The van der Waals surface area contributed by atoms with Crippen LogP contribution in [-0.4, -0.2) is 35.4 Å². The second kappa shape index (κ2) is 15.6. The summed E-state index contributed by atoms with van der Waals surface area (Å²) in [5.74, 6) is -0.983. The molecule has 4 rings (SSSR count). The van der Waals surface area contributed by atoms with Gasteiger partial charge in [-0.3, -0.25) is 9.59 Å². The summed E-state index contributed by atoms with van der Waals surface area (Å²) in [5.41, 5.74) is -0.626. The van der Waals surface area contributed by atoms with Crippen molar-refractivity contribution in [2.45, 2.75) is 52.0 Å². The van der Waals surface area contributed by atoms with Gasteiger partial charge in [0.2, 0.25) is 0 Å². The zero-order valence-corrected chi connectivity index (χ0v) is 23.9. The van der Waals surface area contributed by atoms with E-state index in [0.29, 0.717) is 43.4 Å². The molecule has 0 saturated heterocycles. The number of aliphatic hydroxyl groups is 1. The first kappa shape index (κ1) is 36.1. The lowest BCUT2D eigenvalue weighted by Crippen LogP contribution is -2.28. The van der Waals surface area contributed by atoms with Crippen molar-refractivity contribution in [3.63, 3.8) is 0 Å². The normalized spacial score (nSPS) is 11.4. The van der Waals surface area contributed by atoms with Gasteiger partial charge in [-0.15, -0.1) is 7.97 Å². The van der Waals surface area contributed by atoms with Crippen LogP contribution >= 0.6 is 12.3 Å². The van der Waals surface area contributed by atoms with Gasteiger partial charge in [-0.1, -0.05) is 13.8 Å². The number of nitrogens with two attached hydrogens (primary N) is 1. The van der Waals surface area contributed by atoms with Gasteiger partial charge in [0.25, 0.3) is 11.1 Å². The Hall–Kier alpha value is -4.06. The minimum Gasteiger partial charge on any atom is -0.397 e. The highest BCUT2D eigenvalue weighted by Gasteiger charge is 2.37. The van der Waals surface area contributed by atoms with Crippen molar-refractivity contribution in [2.24, 2.45) is 0 Å². The monoisotopic (exact) mass is 654 g/mol. The molecule has 3 aromatic heterocycles. The molecule has 44 heavy (non-hydrogen) atoms. The molecule has 0 aliphatic carbocycles. The van der Waals surface area contributed by atoms with E-state index in [1.165, 1.54) is 10.6 Å². The highest BCUT2D eigenvalue weighted by molar-refractivity contribution is 7.92. The molecule has 0 radical (unpaired) electrons. The van der Waals surface area contributed by atoms with Crippen molar-refractivity contribution in [3.8, 4) is 11.4 Å². The summed E-state index contributed by atoms with van der Waals surface area (Å²) >= 11 is -0.728. The van der Waals surface area contributed by atoms with E-state index in [9.17, 15) is 44.2 Å². The molecule has 0 fully saturated rings. The van der Waals surface area contributed by atoms with E-state index in [1.54, 1.807) is 12.3 Å². The van der Waals surface area contributed by atoms with Gasteiger partial charge in [-0.25, -0.2) is 14.4 Å². The van der Waals surface area contributed by atoms with Gasteiger partial charge in [0.05, 0.1) is 28.4 Å². The maximum absolute atomic E-state index is 14.5. The first-order valence-corrected chi connectivity index (χ1v) is 13.4. The fourth-order valence-electron chi connectivity index (χ4n) is 3.62. The number of aliphatic hydroxyl groups excluding tert-OH is 1. The van der Waals surface area contributed by atoms with Crippen molar-refractivity contribution in [1.82, 2.24) is 23.7 Å². The third-order valence-electron chi connectivity index (χ3n) is 5.67. The number of aromatic nitrogens is 5. The average molecular weight is 655 g/mol. The first-order chi connectivity index (χ1) is 20.7. The number of aryl methyl sites for hydroxylation is 1. The molecule has 4 aromatic rings. The summed E-state index contributed by atoms with van der Waals surface area (Å²) in [5, 5.41) is 12.4. The molecule has 0 atom stereocenters. The van der Waals surface area contributed by atoms with Crippen molar-refractivity contribution >= 4 is 28.8 Å². The number of pyridine rings is 1. The van der Waals surface area contributed by atoms with Crippen LogP contribution in [0, 0.1) is 5.82 Å². The van der Waals surface area contributed by atoms with Crippen LogP contribution in [0.1, 0.15) is 44.2 Å². The molecule has 18 heteroatoms. The molecule has 0 bridgehead atoms. The number of unbranched alkanes of at least 4 members (excludes halogenated alkanes) is 2. The van der Waals surface area contributed by atoms with E-state index < -0.39 is 52.9 Å². The number of nitrogens with zero attached hydrogens (tertiary/aromatic N) is 5. The largest absolute Gasteiger partial charge is 0.423 e. The molecule has 3 N–H and O–H groups in total. The van der Waals surface area contributed by atoms with E-state index in [0.717, 1.165) is 12.5 Å². The molecular weight excluding hydrogens is 628 g/mol. The number of anilines is 1. The lowest BCUT2D eigenvalue weighted by atomic mass is 10.1. The number of fused-ring (bicyclic) bond motifs is 1. The minimum atomic E-state index is -4.92. The Morgan fingerprint density at radius 1 is 0.932 bits per heavy atom. The zero-order valence-electron chi connectivity index (χ0n) is 23.1. The average Bonchev–Trinajstić information content (AvgIpc) is 2.97. The van der Waals surface area contributed by atoms with E-state index in [4.69, 9.17) is 10.8 Å². The number of rotatable bonds is 7. The number of halogens is 8. The summed E-state index contributed by atoms with van der Waals surface area (Å²) in [6.07, 6.45) is -4.05. The third-order valence-corrected chi connectivity index (χ3v) is 6.06. The van der Waals surface area contributed by atoms with E-state index >= 15 is 0 Å². The second-order valence-electron chi connectivity index (χ2n) is 8.53. The van der Waals surface area contributed by atoms with Crippen molar-refractivity contribution in [1.29, 1.82) is 0 Å². The van der Waals surface area contributed by atoms with Crippen LogP contribution in [0.25, 0.3) is 22.2 Å². The minimum absolute atomic E-state index is 0.0425. The molecule has 0 aliphatic rings. The van der Waals surface area contributed by atoms with Crippen molar-refractivity contribution in [3.05, 3.63) is 80.6 Å². The molecule has 0 aliphatic heterocycles. The van der Waals surface area contributed by atoms with Gasteiger partial charge in [-0.2, -0.15) is 31.4 Å². The summed E-state index contributed by atoms with van der Waals surface area (Å²) in [6.45, 7) is 4.53. The quantitative estimate of drug-likeness (QED) is 0.183. The van der Waals surface area contributed by atoms with Gasteiger partial charge in [0.15, 0.2) is 18.2 Å². The predicted molar refractivity (Wildman–Crippen MR) is 148 cm³/mol. The van der Waals surface area contributed by atoms with Gasteiger partial charge in [0, 0.05) is 31.7 Å². The Balaban J connectivity index is 0.000000355. The lowest BCUT2D eigenvalue weighted by molar-refractivity contribution is -0.139. The molecule has 0 saturated carbocycles. The van der Waals surface area contributed by atoms with Crippen LogP contribution in [0.2, 0.25) is 0 Å². The number of nitrogen functional groups attached to an aromatic ring is 1. The zero-order chi connectivity index (χ0) is 33.2. The van der Waals surface area contributed by atoms with Gasteiger partial charge in [-0.05, 0) is 42.8 Å². The summed E-state index contributed by atoms with van der Waals surface area (Å²) < 4.78 is 102. The van der Waals surface area contributed by atoms with Gasteiger partial charge in [0.1, 0.15) is 11.4 Å². The number of hydrogen-bond donors (Lipinski definition) is 2. The van der Waals surface area contributed by atoms with Crippen molar-refractivity contribution < 1.29 is 39.7 Å². The molecular formula is C26H26F8N6O3S. The van der Waals surface area contributed by atoms with E-state index in [2.05, 4.69) is 15.1 Å². The molecule has 0 spiro atoms. The van der Waals surface area contributed by atoms with Gasteiger partial charge < -0.3 is 15.4 Å². The number of alkyl halides is 6. The lowest BCUT2D eigenvalue weighted by Gasteiger charge is -2.10. The molecule has 1 aromatic carbocycles. The highest BCUT2D eigenvalue weighted by atomic mass is 32.2. The van der Waals surface area contributed by atoms with Crippen LogP contribution in [0.15, 0.2) is 52.6 Å². The van der Waals surface area contributed by atoms with Crippen LogP contribution < -0.4 is 16.9 Å². The smallest absolute Gasteiger partial charge is 0.397 e. The standard InChI is InChI=1S/C19H17F4N3O2.C5H3F4N3OS.C2H6/c20-16-9-14-12(4-6-26(18(14)28)5-2-1-3-7-27)8-15(16)17-24-10-13(11-25-17)19(21,22)23;6-5(7,8)3-2(10)1-11-12(14-9)4(3)13;1-2/h4,6,8-11,27H,1-3,5,7H2;1H,10H2;1-2H3. The Morgan fingerprint density at radius 3 is 2.11 bits per heavy atom. The maximum Gasteiger partial charge on any atom is 0.423 e. The second-order valence-corrected chi connectivity index (χ2v) is 9.01. The summed E-state index contributed by atoms with van der Waals surface area (Å²) in [7, 11) is 0. The molecule has 3 heterocycles. The van der Waals surface area contributed by atoms with Crippen LogP contribution in [0.3, 0.4) is 0 Å². The van der Waals surface area contributed by atoms with E-state index in [1.807, 2.05) is 13.8 Å². The fourth-order valence-corrected chi connectivity index (χ4v) is 3.86. The summed E-state index contributed by atoms with van der Waals surface area (Å²) in [6, 6.07) is 4.04. The Kier molecular flexibility index (Phi) is 12.8. The third kappa shape index (κ3) is 8.98. The molecule has 9 nitrogen and oxygen atoms in total. The number of hydrogen-bond acceptors (Lipinski definition) is 8. The Bertz CT molecular complexity index is 1660. The Morgan fingerprint density at radius 2 is 1.57 bits per heavy atom. The molecule has 0 unspecified atom stereocenters. The van der Waals surface area contributed by atoms with Gasteiger partial charge >= 0.3 is 12.4 Å². The Labute approximate surface area is 248 Å².